The van der Waals surface area contributed by atoms with E-state index in [0.717, 1.165) is 17.9 Å². The number of esters is 1. The molecule has 0 aliphatic carbocycles. The average molecular weight is 270 g/mol. The SMILES string of the molecule is COC(=O)c1c(O)c2cc3ccccc3cc2oc1=O. The molecule has 3 rings (SSSR count). The number of fused-ring (bicyclic) bond motifs is 2. The van der Waals surface area contributed by atoms with Crippen molar-refractivity contribution >= 4 is 27.7 Å². The Kier molecular flexibility index (Phi) is 2.68. The first kappa shape index (κ1) is 12.2. The van der Waals surface area contributed by atoms with Gasteiger partial charge in [-0.25, -0.2) is 9.59 Å². The molecule has 0 saturated heterocycles. The Morgan fingerprint density at radius 2 is 1.85 bits per heavy atom. The van der Waals surface area contributed by atoms with Crippen LogP contribution in [0.3, 0.4) is 0 Å². The molecule has 20 heavy (non-hydrogen) atoms. The van der Waals surface area contributed by atoms with Crippen molar-refractivity contribution in [3.05, 3.63) is 52.4 Å². The highest BCUT2D eigenvalue weighted by Crippen LogP contribution is 2.30. The van der Waals surface area contributed by atoms with Crippen molar-refractivity contribution in [3.63, 3.8) is 0 Å². The highest BCUT2D eigenvalue weighted by atomic mass is 16.5. The Morgan fingerprint density at radius 1 is 1.20 bits per heavy atom. The van der Waals surface area contributed by atoms with Crippen LogP contribution >= 0.6 is 0 Å². The summed E-state index contributed by atoms with van der Waals surface area (Å²) in [5.41, 5.74) is -1.19. The van der Waals surface area contributed by atoms with Gasteiger partial charge in [0, 0.05) is 0 Å². The van der Waals surface area contributed by atoms with Crippen LogP contribution in [0.2, 0.25) is 0 Å². The molecule has 100 valence electrons. The molecule has 0 atom stereocenters. The van der Waals surface area contributed by atoms with Gasteiger partial charge in [0.15, 0.2) is 5.56 Å². The highest BCUT2D eigenvalue weighted by molar-refractivity contribution is 6.03. The Hall–Kier alpha value is -2.82. The zero-order chi connectivity index (χ0) is 14.3. The first-order valence-electron chi connectivity index (χ1n) is 5.88. The lowest BCUT2D eigenvalue weighted by atomic mass is 10.1. The Bertz CT molecular complexity index is 892. The van der Waals surface area contributed by atoms with Crippen molar-refractivity contribution < 1.29 is 19.1 Å². The highest BCUT2D eigenvalue weighted by Gasteiger charge is 2.21. The fraction of sp³-hybridized carbons (Fsp3) is 0.0667. The fourth-order valence-corrected chi connectivity index (χ4v) is 2.15. The Balaban J connectivity index is 2.45. The lowest BCUT2D eigenvalue weighted by molar-refractivity contribution is 0.0593. The molecule has 1 aromatic heterocycles. The Labute approximate surface area is 113 Å². The fourth-order valence-electron chi connectivity index (χ4n) is 2.15. The molecule has 0 aliphatic rings. The third-order valence-electron chi connectivity index (χ3n) is 3.14. The third kappa shape index (κ3) is 1.72. The van der Waals surface area contributed by atoms with E-state index in [9.17, 15) is 14.7 Å². The van der Waals surface area contributed by atoms with Crippen LogP contribution in [0, 0.1) is 0 Å². The summed E-state index contributed by atoms with van der Waals surface area (Å²) in [5, 5.41) is 12.2. The van der Waals surface area contributed by atoms with E-state index in [2.05, 4.69) is 4.74 Å². The van der Waals surface area contributed by atoms with Gasteiger partial charge >= 0.3 is 11.6 Å². The summed E-state index contributed by atoms with van der Waals surface area (Å²) >= 11 is 0. The molecule has 0 bridgehead atoms. The number of hydrogen-bond donors (Lipinski definition) is 1. The topological polar surface area (TPSA) is 76.7 Å². The smallest absolute Gasteiger partial charge is 0.354 e. The molecule has 0 radical (unpaired) electrons. The first-order chi connectivity index (χ1) is 9.61. The van der Waals surface area contributed by atoms with Gasteiger partial charge in [0.05, 0.1) is 12.5 Å². The second-order valence-electron chi connectivity index (χ2n) is 4.30. The summed E-state index contributed by atoms with van der Waals surface area (Å²) < 4.78 is 9.56. The molecule has 3 aromatic rings. The number of rotatable bonds is 1. The predicted molar refractivity (Wildman–Crippen MR) is 73.0 cm³/mol. The minimum Gasteiger partial charge on any atom is -0.506 e. The quantitative estimate of drug-likeness (QED) is 0.417. The van der Waals surface area contributed by atoms with Crippen molar-refractivity contribution in [2.45, 2.75) is 0 Å². The second-order valence-corrected chi connectivity index (χ2v) is 4.30. The number of ether oxygens (including phenoxy) is 1. The third-order valence-corrected chi connectivity index (χ3v) is 3.14. The lowest BCUT2D eigenvalue weighted by Crippen LogP contribution is -2.15. The van der Waals surface area contributed by atoms with E-state index in [4.69, 9.17) is 4.42 Å². The van der Waals surface area contributed by atoms with Crippen LogP contribution in [-0.4, -0.2) is 18.2 Å². The molecular weight excluding hydrogens is 260 g/mol. The van der Waals surface area contributed by atoms with Gasteiger partial charge in [0.1, 0.15) is 11.3 Å². The zero-order valence-electron chi connectivity index (χ0n) is 10.5. The van der Waals surface area contributed by atoms with Crippen LogP contribution in [0.4, 0.5) is 0 Å². The van der Waals surface area contributed by atoms with Crippen LogP contribution in [0.1, 0.15) is 10.4 Å². The first-order valence-corrected chi connectivity index (χ1v) is 5.88. The van der Waals surface area contributed by atoms with E-state index in [1.807, 2.05) is 24.3 Å². The van der Waals surface area contributed by atoms with Gasteiger partial charge in [-0.3, -0.25) is 0 Å². The molecule has 0 aliphatic heterocycles. The number of methoxy groups -OCH3 is 1. The number of carbonyl (C=O) groups is 1. The van der Waals surface area contributed by atoms with Crippen molar-refractivity contribution in [2.75, 3.05) is 7.11 Å². The van der Waals surface area contributed by atoms with Gasteiger partial charge in [0.2, 0.25) is 0 Å². The van der Waals surface area contributed by atoms with E-state index in [1.165, 1.54) is 0 Å². The van der Waals surface area contributed by atoms with E-state index >= 15 is 0 Å². The van der Waals surface area contributed by atoms with Crippen molar-refractivity contribution in [1.29, 1.82) is 0 Å². The van der Waals surface area contributed by atoms with Crippen LogP contribution in [-0.2, 0) is 4.74 Å². The molecule has 0 fully saturated rings. The minimum atomic E-state index is -0.925. The summed E-state index contributed by atoms with van der Waals surface area (Å²) in [6.45, 7) is 0. The summed E-state index contributed by atoms with van der Waals surface area (Å²) in [7, 11) is 1.13. The second kappa shape index (κ2) is 4.38. The normalized spacial score (nSPS) is 10.8. The van der Waals surface area contributed by atoms with Crippen LogP contribution < -0.4 is 5.63 Å². The van der Waals surface area contributed by atoms with Crippen LogP contribution in [0.25, 0.3) is 21.7 Å². The van der Waals surface area contributed by atoms with Crippen molar-refractivity contribution in [2.24, 2.45) is 0 Å². The van der Waals surface area contributed by atoms with Gasteiger partial charge in [-0.15, -0.1) is 0 Å². The molecule has 5 heteroatoms. The summed E-state index contributed by atoms with van der Waals surface area (Å²) in [4.78, 5) is 23.3. The summed E-state index contributed by atoms with van der Waals surface area (Å²) in [6.07, 6.45) is 0. The molecule has 5 nitrogen and oxygen atoms in total. The zero-order valence-corrected chi connectivity index (χ0v) is 10.5. The van der Waals surface area contributed by atoms with Gasteiger partial charge < -0.3 is 14.3 Å². The van der Waals surface area contributed by atoms with E-state index in [1.54, 1.807) is 12.1 Å². The number of hydrogen-bond acceptors (Lipinski definition) is 5. The maximum Gasteiger partial charge on any atom is 0.354 e. The molecule has 0 unspecified atom stereocenters. The lowest BCUT2D eigenvalue weighted by Gasteiger charge is -2.06. The average Bonchev–Trinajstić information content (AvgIpc) is 2.45. The standard InChI is InChI=1S/C15H10O5/c1-19-14(17)12-13(16)10-6-8-4-2-3-5-9(8)7-11(10)20-15(12)18/h2-7,16H,1H3. The molecule has 2 aromatic carbocycles. The maximum atomic E-state index is 11.8. The van der Waals surface area contributed by atoms with E-state index < -0.39 is 22.9 Å². The van der Waals surface area contributed by atoms with Crippen LogP contribution in [0.15, 0.2) is 45.6 Å². The molecule has 0 spiro atoms. The van der Waals surface area contributed by atoms with Gasteiger partial charge in [-0.2, -0.15) is 0 Å². The molecule has 0 amide bonds. The van der Waals surface area contributed by atoms with Crippen LogP contribution in [0.5, 0.6) is 5.75 Å². The summed E-state index contributed by atoms with van der Waals surface area (Å²) in [5.74, 6) is -1.35. The number of benzene rings is 2. The minimum absolute atomic E-state index is 0.221. The largest absolute Gasteiger partial charge is 0.506 e. The van der Waals surface area contributed by atoms with Gasteiger partial charge in [0.25, 0.3) is 0 Å². The van der Waals surface area contributed by atoms with Gasteiger partial charge in [-0.1, -0.05) is 24.3 Å². The number of aromatic hydroxyl groups is 1. The molecule has 0 saturated carbocycles. The Morgan fingerprint density at radius 3 is 2.50 bits per heavy atom. The molecule has 1 heterocycles. The van der Waals surface area contributed by atoms with Gasteiger partial charge in [-0.05, 0) is 22.9 Å². The monoisotopic (exact) mass is 270 g/mol. The van der Waals surface area contributed by atoms with Crippen molar-refractivity contribution in [1.82, 2.24) is 0 Å². The summed E-state index contributed by atoms with van der Waals surface area (Å²) in [6, 6.07) is 10.7. The number of carbonyl (C=O) groups excluding carboxylic acids is 1. The van der Waals surface area contributed by atoms with E-state index in [0.29, 0.717) is 5.39 Å². The molecule has 1 N–H and O–H groups in total. The van der Waals surface area contributed by atoms with E-state index in [-0.39, 0.29) is 5.58 Å². The maximum absolute atomic E-state index is 11.8. The van der Waals surface area contributed by atoms with Crippen molar-refractivity contribution in [3.8, 4) is 5.75 Å². The predicted octanol–water partition coefficient (Wildman–Crippen LogP) is 2.44. The molecular formula is C15H10O5.